The minimum absolute atomic E-state index is 0.0674. The topological polar surface area (TPSA) is 46.4 Å². The van der Waals surface area contributed by atoms with E-state index in [1.54, 1.807) is 6.20 Å². The lowest BCUT2D eigenvalue weighted by Gasteiger charge is -2.07. The van der Waals surface area contributed by atoms with Crippen LogP contribution >= 0.6 is 22.9 Å². The van der Waals surface area contributed by atoms with Gasteiger partial charge in [-0.3, -0.25) is 9.20 Å². The Morgan fingerprint density at radius 2 is 2.21 bits per heavy atom. The van der Waals surface area contributed by atoms with Crippen molar-refractivity contribution >= 4 is 33.6 Å². The summed E-state index contributed by atoms with van der Waals surface area (Å²) < 4.78 is 1.53. The molecule has 6 heteroatoms. The lowest BCUT2D eigenvalue weighted by Crippen LogP contribution is -2.14. The van der Waals surface area contributed by atoms with E-state index >= 15 is 0 Å². The Hall–Kier alpha value is -1.85. The summed E-state index contributed by atoms with van der Waals surface area (Å²) in [4.78, 5) is 16.9. The molecule has 2 heterocycles. The zero-order chi connectivity index (χ0) is 13.2. The van der Waals surface area contributed by atoms with Gasteiger partial charge in [-0.15, -0.1) is 11.3 Å². The number of thiazole rings is 1. The number of aromatic nitrogens is 2. The minimum Gasteiger partial charge on any atom is -0.378 e. The smallest absolute Gasteiger partial charge is 0.258 e. The highest BCUT2D eigenvalue weighted by Gasteiger charge is 2.04. The van der Waals surface area contributed by atoms with Gasteiger partial charge in [0.25, 0.3) is 5.56 Å². The minimum atomic E-state index is -0.0674. The summed E-state index contributed by atoms with van der Waals surface area (Å²) in [5.74, 6) is 0. The standard InChI is InChI=1S/C13H10ClN3OS/c14-10-3-1-2-4-11(10)15-8-9-7-12(18)17-5-6-19-13(17)16-9/h1-7,15H,8H2. The predicted octanol–water partition coefficient (Wildman–Crippen LogP) is 3.02. The number of nitrogens with one attached hydrogen (secondary N) is 1. The Morgan fingerprint density at radius 1 is 1.37 bits per heavy atom. The van der Waals surface area contributed by atoms with Crippen LogP contribution in [-0.2, 0) is 6.54 Å². The number of fused-ring (bicyclic) bond motifs is 1. The van der Waals surface area contributed by atoms with Crippen LogP contribution in [0, 0.1) is 0 Å². The SMILES string of the molecule is O=c1cc(CNc2ccccc2Cl)nc2sccn12. The van der Waals surface area contributed by atoms with Crippen LogP contribution in [0.4, 0.5) is 5.69 Å². The lowest BCUT2D eigenvalue weighted by atomic mass is 10.3. The molecule has 0 saturated carbocycles. The first-order valence-corrected chi connectivity index (χ1v) is 6.94. The van der Waals surface area contributed by atoms with E-state index in [0.717, 1.165) is 5.69 Å². The Bertz CT molecular complexity index is 781. The highest BCUT2D eigenvalue weighted by Crippen LogP contribution is 2.20. The van der Waals surface area contributed by atoms with Crippen LogP contribution in [0.15, 0.2) is 46.7 Å². The first-order chi connectivity index (χ1) is 9.24. The molecule has 0 aliphatic carbocycles. The highest BCUT2D eigenvalue weighted by molar-refractivity contribution is 7.15. The van der Waals surface area contributed by atoms with E-state index in [1.807, 2.05) is 29.6 Å². The largest absolute Gasteiger partial charge is 0.378 e. The van der Waals surface area contributed by atoms with Crippen molar-refractivity contribution < 1.29 is 0 Å². The van der Waals surface area contributed by atoms with Crippen LogP contribution in [0.3, 0.4) is 0 Å². The van der Waals surface area contributed by atoms with Crippen LogP contribution in [0.1, 0.15) is 5.69 Å². The molecule has 0 aliphatic heterocycles. The van der Waals surface area contributed by atoms with Gasteiger partial charge in [0.2, 0.25) is 0 Å². The maximum Gasteiger partial charge on any atom is 0.258 e. The summed E-state index contributed by atoms with van der Waals surface area (Å²) in [5, 5.41) is 5.67. The van der Waals surface area contributed by atoms with Gasteiger partial charge in [0.05, 0.1) is 22.9 Å². The molecule has 1 N–H and O–H groups in total. The molecule has 0 saturated heterocycles. The third kappa shape index (κ3) is 2.47. The highest BCUT2D eigenvalue weighted by atomic mass is 35.5. The van der Waals surface area contributed by atoms with E-state index in [-0.39, 0.29) is 5.56 Å². The molecule has 0 fully saturated rings. The Balaban J connectivity index is 1.86. The van der Waals surface area contributed by atoms with Gasteiger partial charge in [-0.1, -0.05) is 23.7 Å². The fraction of sp³-hybridized carbons (Fsp3) is 0.0769. The number of nitrogens with zero attached hydrogens (tertiary/aromatic N) is 2. The van der Waals surface area contributed by atoms with Gasteiger partial charge in [-0.2, -0.15) is 0 Å². The molecule has 0 atom stereocenters. The first-order valence-electron chi connectivity index (χ1n) is 5.68. The Labute approximate surface area is 118 Å². The van der Waals surface area contributed by atoms with Gasteiger partial charge in [-0.25, -0.2) is 4.98 Å². The van der Waals surface area contributed by atoms with Crippen molar-refractivity contribution in [3.63, 3.8) is 0 Å². The van der Waals surface area contributed by atoms with Crippen LogP contribution < -0.4 is 10.9 Å². The molecule has 0 bridgehead atoms. The van der Waals surface area contributed by atoms with Gasteiger partial charge < -0.3 is 5.32 Å². The van der Waals surface area contributed by atoms with Gasteiger partial charge in [0, 0.05) is 17.6 Å². The van der Waals surface area contributed by atoms with Crippen molar-refractivity contribution in [1.29, 1.82) is 0 Å². The maximum absolute atomic E-state index is 11.8. The molecule has 0 amide bonds. The number of hydrogen-bond acceptors (Lipinski definition) is 4. The first kappa shape index (κ1) is 12.2. The van der Waals surface area contributed by atoms with Gasteiger partial charge in [0.1, 0.15) is 0 Å². The van der Waals surface area contributed by atoms with Gasteiger partial charge in [0.15, 0.2) is 4.96 Å². The zero-order valence-electron chi connectivity index (χ0n) is 9.84. The molecule has 96 valence electrons. The summed E-state index contributed by atoms with van der Waals surface area (Å²) in [7, 11) is 0. The number of anilines is 1. The molecule has 0 unspecified atom stereocenters. The van der Waals surface area contributed by atoms with Crippen LogP contribution in [-0.4, -0.2) is 9.38 Å². The third-order valence-electron chi connectivity index (χ3n) is 2.69. The monoisotopic (exact) mass is 291 g/mol. The molecule has 3 aromatic rings. The van der Waals surface area contributed by atoms with Crippen molar-refractivity contribution in [3.05, 3.63) is 63.0 Å². The molecular formula is C13H10ClN3OS. The van der Waals surface area contributed by atoms with Crippen molar-refractivity contribution in [3.8, 4) is 0 Å². The van der Waals surface area contributed by atoms with Crippen molar-refractivity contribution in [1.82, 2.24) is 9.38 Å². The van der Waals surface area contributed by atoms with Crippen LogP contribution in [0.2, 0.25) is 5.02 Å². The fourth-order valence-electron chi connectivity index (χ4n) is 1.77. The molecule has 19 heavy (non-hydrogen) atoms. The average Bonchev–Trinajstić information content (AvgIpc) is 2.87. The number of hydrogen-bond donors (Lipinski definition) is 1. The van der Waals surface area contributed by atoms with Crippen molar-refractivity contribution in [2.75, 3.05) is 5.32 Å². The van der Waals surface area contributed by atoms with E-state index in [4.69, 9.17) is 11.6 Å². The van der Waals surface area contributed by atoms with Crippen LogP contribution in [0.25, 0.3) is 4.96 Å². The van der Waals surface area contributed by atoms with E-state index in [1.165, 1.54) is 21.8 Å². The lowest BCUT2D eigenvalue weighted by molar-refractivity contribution is 0.990. The second kappa shape index (κ2) is 5.03. The second-order valence-corrected chi connectivity index (χ2v) is 5.25. The van der Waals surface area contributed by atoms with E-state index in [9.17, 15) is 4.79 Å². The third-order valence-corrected chi connectivity index (χ3v) is 3.78. The summed E-state index contributed by atoms with van der Waals surface area (Å²) in [6.45, 7) is 0.466. The number of para-hydroxylation sites is 1. The normalized spacial score (nSPS) is 10.8. The van der Waals surface area contributed by atoms with Gasteiger partial charge >= 0.3 is 0 Å². The molecule has 0 radical (unpaired) electrons. The van der Waals surface area contributed by atoms with E-state index in [0.29, 0.717) is 22.2 Å². The van der Waals surface area contributed by atoms with Crippen molar-refractivity contribution in [2.24, 2.45) is 0 Å². The molecular weight excluding hydrogens is 282 g/mol. The Morgan fingerprint density at radius 3 is 3.05 bits per heavy atom. The van der Waals surface area contributed by atoms with Crippen LogP contribution in [0.5, 0.6) is 0 Å². The second-order valence-electron chi connectivity index (χ2n) is 3.97. The molecule has 1 aromatic carbocycles. The molecule has 0 spiro atoms. The maximum atomic E-state index is 11.8. The van der Waals surface area contributed by atoms with E-state index in [2.05, 4.69) is 10.3 Å². The number of halogens is 1. The fourth-order valence-corrected chi connectivity index (χ4v) is 2.71. The molecule has 2 aromatic heterocycles. The molecule has 0 aliphatic rings. The van der Waals surface area contributed by atoms with Gasteiger partial charge in [-0.05, 0) is 12.1 Å². The summed E-state index contributed by atoms with van der Waals surface area (Å²) >= 11 is 7.49. The predicted molar refractivity (Wildman–Crippen MR) is 78.1 cm³/mol. The number of rotatable bonds is 3. The molecule has 4 nitrogen and oxygen atoms in total. The number of benzene rings is 1. The summed E-state index contributed by atoms with van der Waals surface area (Å²) in [6, 6.07) is 9.01. The summed E-state index contributed by atoms with van der Waals surface area (Å²) in [6.07, 6.45) is 1.72. The van der Waals surface area contributed by atoms with Crippen molar-refractivity contribution in [2.45, 2.75) is 6.54 Å². The molecule has 3 rings (SSSR count). The average molecular weight is 292 g/mol. The quantitative estimate of drug-likeness (QED) is 0.807. The zero-order valence-corrected chi connectivity index (χ0v) is 11.4. The Kier molecular flexibility index (Phi) is 3.23. The van der Waals surface area contributed by atoms with E-state index < -0.39 is 0 Å². The summed E-state index contributed by atoms with van der Waals surface area (Å²) in [5.41, 5.74) is 1.46.